The second-order valence-corrected chi connectivity index (χ2v) is 4.53. The van der Waals surface area contributed by atoms with E-state index in [9.17, 15) is 18.0 Å². The molecule has 1 fully saturated rings. The van der Waals surface area contributed by atoms with Gasteiger partial charge in [0.25, 0.3) is 0 Å². The topological polar surface area (TPSA) is 58.1 Å². The van der Waals surface area contributed by atoms with Crippen LogP contribution in [0.15, 0.2) is 12.3 Å². The van der Waals surface area contributed by atoms with Crippen LogP contribution in [0, 0.1) is 0 Å². The molecule has 1 aromatic heterocycles. The first-order chi connectivity index (χ1) is 9.47. The third kappa shape index (κ3) is 3.82. The van der Waals surface area contributed by atoms with Gasteiger partial charge in [0, 0.05) is 32.3 Å². The van der Waals surface area contributed by atoms with Crippen molar-refractivity contribution in [2.75, 3.05) is 25.0 Å². The monoisotopic (exact) mass is 288 g/mol. The molecule has 1 N–H and O–H groups in total. The molecule has 110 valence electrons. The van der Waals surface area contributed by atoms with Gasteiger partial charge in [0.15, 0.2) is 0 Å². The van der Waals surface area contributed by atoms with Gasteiger partial charge in [-0.15, -0.1) is 0 Å². The SMILES string of the molecule is O=C(CCNc1nccc(C(F)(F)F)n1)N1CCCC1. The van der Waals surface area contributed by atoms with E-state index in [4.69, 9.17) is 0 Å². The first-order valence-corrected chi connectivity index (χ1v) is 6.39. The number of alkyl halides is 3. The maximum atomic E-state index is 12.4. The van der Waals surface area contributed by atoms with Gasteiger partial charge >= 0.3 is 6.18 Å². The molecule has 0 unspecified atom stereocenters. The van der Waals surface area contributed by atoms with E-state index in [1.807, 2.05) is 0 Å². The highest BCUT2D eigenvalue weighted by Crippen LogP contribution is 2.27. The Balaban J connectivity index is 1.83. The average molecular weight is 288 g/mol. The van der Waals surface area contributed by atoms with Crippen molar-refractivity contribution in [1.29, 1.82) is 0 Å². The number of amides is 1. The summed E-state index contributed by atoms with van der Waals surface area (Å²) in [6.07, 6.45) is -1.21. The molecule has 0 radical (unpaired) electrons. The molecular formula is C12H15F3N4O. The Bertz CT molecular complexity index is 472. The molecule has 0 spiro atoms. The van der Waals surface area contributed by atoms with Crippen LogP contribution < -0.4 is 5.32 Å². The van der Waals surface area contributed by atoms with Gasteiger partial charge in [0.1, 0.15) is 5.69 Å². The van der Waals surface area contributed by atoms with Crippen LogP contribution >= 0.6 is 0 Å². The molecule has 1 aromatic rings. The van der Waals surface area contributed by atoms with Crippen LogP contribution in [0.25, 0.3) is 0 Å². The van der Waals surface area contributed by atoms with E-state index < -0.39 is 11.9 Å². The number of aromatic nitrogens is 2. The third-order valence-corrected chi connectivity index (χ3v) is 3.03. The first-order valence-electron chi connectivity index (χ1n) is 6.39. The van der Waals surface area contributed by atoms with Gasteiger partial charge in [-0.2, -0.15) is 13.2 Å². The molecular weight excluding hydrogens is 273 g/mol. The molecule has 0 atom stereocenters. The first kappa shape index (κ1) is 14.5. The number of nitrogens with one attached hydrogen (secondary N) is 1. The summed E-state index contributed by atoms with van der Waals surface area (Å²) >= 11 is 0. The minimum atomic E-state index is -4.50. The Morgan fingerprint density at radius 3 is 2.70 bits per heavy atom. The minimum absolute atomic E-state index is 0.00183. The number of likely N-dealkylation sites (tertiary alicyclic amines) is 1. The molecule has 5 nitrogen and oxygen atoms in total. The quantitative estimate of drug-likeness (QED) is 0.919. The van der Waals surface area contributed by atoms with Crippen molar-refractivity contribution in [3.63, 3.8) is 0 Å². The summed E-state index contributed by atoms with van der Waals surface area (Å²) in [4.78, 5) is 20.6. The van der Waals surface area contributed by atoms with Crippen molar-refractivity contribution < 1.29 is 18.0 Å². The zero-order valence-corrected chi connectivity index (χ0v) is 10.8. The van der Waals surface area contributed by atoms with Crippen molar-refractivity contribution in [3.8, 4) is 0 Å². The lowest BCUT2D eigenvalue weighted by Crippen LogP contribution is -2.29. The molecule has 0 aromatic carbocycles. The summed E-state index contributed by atoms with van der Waals surface area (Å²) in [7, 11) is 0. The maximum absolute atomic E-state index is 12.4. The van der Waals surface area contributed by atoms with Gasteiger partial charge in [-0.1, -0.05) is 0 Å². The molecule has 0 bridgehead atoms. The van der Waals surface area contributed by atoms with E-state index in [0.717, 1.165) is 38.2 Å². The molecule has 1 amide bonds. The standard InChI is InChI=1S/C12H15F3N4O/c13-12(14,15)9-3-5-16-11(18-9)17-6-4-10(20)19-7-1-2-8-19/h3,5H,1-2,4,6-8H2,(H,16,17,18). The molecule has 1 aliphatic heterocycles. The van der Waals surface area contributed by atoms with Crippen molar-refractivity contribution in [2.45, 2.75) is 25.4 Å². The summed E-state index contributed by atoms with van der Waals surface area (Å²) in [5.74, 6) is -0.115. The second-order valence-electron chi connectivity index (χ2n) is 4.53. The predicted molar refractivity (Wildman–Crippen MR) is 66.0 cm³/mol. The Morgan fingerprint density at radius 1 is 1.35 bits per heavy atom. The highest BCUT2D eigenvalue weighted by atomic mass is 19.4. The average Bonchev–Trinajstić information content (AvgIpc) is 2.92. The smallest absolute Gasteiger partial charge is 0.354 e. The fourth-order valence-electron chi connectivity index (χ4n) is 2.01. The summed E-state index contributed by atoms with van der Waals surface area (Å²) < 4.78 is 37.3. The van der Waals surface area contributed by atoms with E-state index in [2.05, 4.69) is 15.3 Å². The lowest BCUT2D eigenvalue weighted by atomic mass is 10.3. The van der Waals surface area contributed by atoms with Crippen molar-refractivity contribution >= 4 is 11.9 Å². The van der Waals surface area contributed by atoms with E-state index in [1.165, 1.54) is 0 Å². The van der Waals surface area contributed by atoms with Crippen LogP contribution in [0.3, 0.4) is 0 Å². The largest absolute Gasteiger partial charge is 0.433 e. The molecule has 1 aliphatic rings. The summed E-state index contributed by atoms with van der Waals surface area (Å²) in [6, 6.07) is 0.806. The number of hydrogen-bond donors (Lipinski definition) is 1. The number of nitrogens with zero attached hydrogens (tertiary/aromatic N) is 3. The van der Waals surface area contributed by atoms with Gasteiger partial charge in [-0.3, -0.25) is 4.79 Å². The summed E-state index contributed by atoms with van der Waals surface area (Å²) in [5.41, 5.74) is -0.999. The maximum Gasteiger partial charge on any atom is 0.433 e. The van der Waals surface area contributed by atoms with E-state index in [-0.39, 0.29) is 24.8 Å². The fourth-order valence-corrected chi connectivity index (χ4v) is 2.01. The van der Waals surface area contributed by atoms with Crippen LogP contribution in [0.4, 0.5) is 19.1 Å². The fraction of sp³-hybridized carbons (Fsp3) is 0.583. The zero-order valence-electron chi connectivity index (χ0n) is 10.8. The second kappa shape index (κ2) is 6.06. The van der Waals surface area contributed by atoms with Gasteiger partial charge in [0.2, 0.25) is 11.9 Å². The summed E-state index contributed by atoms with van der Waals surface area (Å²) in [6.45, 7) is 1.74. The molecule has 1 saturated heterocycles. The van der Waals surface area contributed by atoms with Crippen LogP contribution in [-0.2, 0) is 11.0 Å². The minimum Gasteiger partial charge on any atom is -0.354 e. The Kier molecular flexibility index (Phi) is 4.41. The van der Waals surface area contributed by atoms with Crippen molar-refractivity contribution in [3.05, 3.63) is 18.0 Å². The number of rotatable bonds is 4. The molecule has 2 rings (SSSR count). The Morgan fingerprint density at radius 2 is 2.05 bits per heavy atom. The Hall–Kier alpha value is -1.86. The normalized spacial score (nSPS) is 15.4. The van der Waals surface area contributed by atoms with E-state index >= 15 is 0 Å². The number of anilines is 1. The summed E-state index contributed by atoms with van der Waals surface area (Å²) in [5, 5.41) is 2.64. The van der Waals surface area contributed by atoms with Gasteiger partial charge in [0.05, 0.1) is 0 Å². The van der Waals surface area contributed by atoms with Crippen molar-refractivity contribution in [1.82, 2.24) is 14.9 Å². The van der Waals surface area contributed by atoms with E-state index in [1.54, 1.807) is 4.90 Å². The van der Waals surface area contributed by atoms with Gasteiger partial charge in [-0.25, -0.2) is 9.97 Å². The van der Waals surface area contributed by atoms with Gasteiger partial charge in [-0.05, 0) is 18.9 Å². The van der Waals surface area contributed by atoms with Crippen LogP contribution in [0.1, 0.15) is 25.0 Å². The molecule has 2 heterocycles. The lowest BCUT2D eigenvalue weighted by molar-refractivity contribution is -0.141. The number of carbonyl (C=O) groups excluding carboxylic acids is 1. The zero-order chi connectivity index (χ0) is 14.6. The highest BCUT2D eigenvalue weighted by Gasteiger charge is 2.32. The molecule has 0 aliphatic carbocycles. The van der Waals surface area contributed by atoms with Crippen LogP contribution in [-0.4, -0.2) is 40.4 Å². The van der Waals surface area contributed by atoms with E-state index in [0.29, 0.717) is 0 Å². The number of halogens is 3. The van der Waals surface area contributed by atoms with Gasteiger partial charge < -0.3 is 10.2 Å². The number of carbonyl (C=O) groups is 1. The number of hydrogen-bond acceptors (Lipinski definition) is 4. The molecule has 20 heavy (non-hydrogen) atoms. The highest BCUT2D eigenvalue weighted by molar-refractivity contribution is 5.76. The Labute approximate surface area is 114 Å². The van der Waals surface area contributed by atoms with Crippen LogP contribution in [0.2, 0.25) is 0 Å². The lowest BCUT2D eigenvalue weighted by Gasteiger charge is -2.15. The van der Waals surface area contributed by atoms with Crippen molar-refractivity contribution in [2.24, 2.45) is 0 Å². The predicted octanol–water partition coefficient (Wildman–Crippen LogP) is 1.92. The molecule has 8 heteroatoms. The van der Waals surface area contributed by atoms with Crippen LogP contribution in [0.5, 0.6) is 0 Å². The third-order valence-electron chi connectivity index (χ3n) is 3.03. The molecule has 0 saturated carbocycles.